The molecular weight excluding hydrogens is 272 g/mol. The van der Waals surface area contributed by atoms with Crippen LogP contribution >= 0.6 is 22.9 Å². The van der Waals surface area contributed by atoms with Crippen LogP contribution in [0, 0.1) is 0 Å². The van der Waals surface area contributed by atoms with Crippen LogP contribution in [-0.4, -0.2) is 13.0 Å². The van der Waals surface area contributed by atoms with E-state index in [4.69, 9.17) is 22.1 Å². The third-order valence-corrected chi connectivity index (χ3v) is 3.53. The molecule has 2 aromatic rings. The van der Waals surface area contributed by atoms with Crippen molar-refractivity contribution in [3.63, 3.8) is 0 Å². The number of benzene rings is 1. The van der Waals surface area contributed by atoms with Gasteiger partial charge in [0.15, 0.2) is 0 Å². The minimum absolute atomic E-state index is 0.205. The van der Waals surface area contributed by atoms with Gasteiger partial charge in [-0.05, 0) is 18.2 Å². The zero-order chi connectivity index (χ0) is 13.1. The summed E-state index contributed by atoms with van der Waals surface area (Å²) in [7, 11) is 1.56. The maximum Gasteiger partial charge on any atom is 0.265 e. The molecule has 1 aromatic carbocycles. The Morgan fingerprint density at radius 3 is 2.83 bits per heavy atom. The number of hydrogen-bond donors (Lipinski definition) is 2. The molecule has 0 radical (unpaired) electrons. The van der Waals surface area contributed by atoms with E-state index in [0.29, 0.717) is 27.0 Å². The van der Waals surface area contributed by atoms with Crippen molar-refractivity contribution in [1.82, 2.24) is 0 Å². The molecule has 94 valence electrons. The van der Waals surface area contributed by atoms with E-state index < -0.39 is 0 Å². The molecule has 1 aromatic heterocycles. The normalized spacial score (nSPS) is 10.1. The van der Waals surface area contributed by atoms with E-state index in [9.17, 15) is 4.79 Å². The first-order valence-corrected chi connectivity index (χ1v) is 6.35. The minimum Gasteiger partial charge on any atom is -0.496 e. The molecule has 1 heterocycles. The van der Waals surface area contributed by atoms with Crippen molar-refractivity contribution in [2.45, 2.75) is 0 Å². The minimum atomic E-state index is -0.205. The van der Waals surface area contributed by atoms with Gasteiger partial charge in [0.25, 0.3) is 5.91 Å². The molecule has 0 aliphatic rings. The van der Waals surface area contributed by atoms with Gasteiger partial charge in [-0.1, -0.05) is 11.6 Å². The van der Waals surface area contributed by atoms with Gasteiger partial charge in [0.05, 0.1) is 22.7 Å². The Hall–Kier alpha value is -1.72. The van der Waals surface area contributed by atoms with Crippen LogP contribution < -0.4 is 15.8 Å². The molecule has 0 unspecified atom stereocenters. The number of ether oxygens (including phenoxy) is 1. The molecule has 0 aliphatic heterocycles. The number of hydrogen-bond acceptors (Lipinski definition) is 4. The van der Waals surface area contributed by atoms with Crippen molar-refractivity contribution < 1.29 is 9.53 Å². The van der Waals surface area contributed by atoms with Gasteiger partial charge in [-0.2, -0.15) is 0 Å². The van der Waals surface area contributed by atoms with Crippen molar-refractivity contribution in [2.24, 2.45) is 0 Å². The largest absolute Gasteiger partial charge is 0.496 e. The van der Waals surface area contributed by atoms with E-state index in [1.165, 1.54) is 11.3 Å². The quantitative estimate of drug-likeness (QED) is 0.850. The molecule has 3 N–H and O–H groups in total. The molecule has 2 rings (SSSR count). The van der Waals surface area contributed by atoms with Crippen LogP contribution in [0.1, 0.15) is 9.67 Å². The number of carbonyl (C=O) groups is 1. The monoisotopic (exact) mass is 282 g/mol. The van der Waals surface area contributed by atoms with Crippen molar-refractivity contribution in [2.75, 3.05) is 18.2 Å². The zero-order valence-corrected chi connectivity index (χ0v) is 11.1. The first kappa shape index (κ1) is 12.7. The molecule has 18 heavy (non-hydrogen) atoms. The molecule has 0 bridgehead atoms. The number of thiophene rings is 1. The standard InChI is InChI=1S/C12H11ClN2O2S/c1-17-8-5-11(18-6-8)12(16)15-7-2-3-10(14)9(13)4-7/h2-6H,14H2,1H3,(H,15,16). The molecule has 0 aliphatic carbocycles. The van der Waals surface area contributed by atoms with Gasteiger partial charge in [0.2, 0.25) is 0 Å². The first-order chi connectivity index (χ1) is 8.60. The van der Waals surface area contributed by atoms with Gasteiger partial charge in [0.1, 0.15) is 5.75 Å². The van der Waals surface area contributed by atoms with Crippen LogP contribution in [0.3, 0.4) is 0 Å². The van der Waals surface area contributed by atoms with E-state index in [2.05, 4.69) is 5.32 Å². The topological polar surface area (TPSA) is 64.3 Å². The predicted octanol–water partition coefficient (Wildman–Crippen LogP) is 3.24. The molecule has 0 spiro atoms. The summed E-state index contributed by atoms with van der Waals surface area (Å²) in [5.74, 6) is 0.463. The van der Waals surface area contributed by atoms with Crippen molar-refractivity contribution in [3.05, 3.63) is 39.5 Å². The molecule has 0 saturated heterocycles. The van der Waals surface area contributed by atoms with E-state index >= 15 is 0 Å². The molecule has 6 heteroatoms. The number of nitrogen functional groups attached to an aromatic ring is 1. The summed E-state index contributed by atoms with van der Waals surface area (Å²) in [6.45, 7) is 0. The maximum absolute atomic E-state index is 11.9. The SMILES string of the molecule is COc1csc(C(=O)Nc2ccc(N)c(Cl)c2)c1. The predicted molar refractivity (Wildman–Crippen MR) is 74.7 cm³/mol. The Labute approximate surface area is 113 Å². The fourth-order valence-corrected chi connectivity index (χ4v) is 2.27. The molecule has 0 saturated carbocycles. The lowest BCUT2D eigenvalue weighted by Gasteiger charge is -2.05. The number of halogens is 1. The van der Waals surface area contributed by atoms with E-state index in [1.807, 2.05) is 0 Å². The highest BCUT2D eigenvalue weighted by atomic mass is 35.5. The fourth-order valence-electron chi connectivity index (χ4n) is 1.34. The summed E-state index contributed by atoms with van der Waals surface area (Å²) < 4.78 is 5.02. The lowest BCUT2D eigenvalue weighted by molar-refractivity contribution is 0.103. The number of nitrogens with one attached hydrogen (secondary N) is 1. The van der Waals surface area contributed by atoms with E-state index in [-0.39, 0.29) is 5.91 Å². The summed E-state index contributed by atoms with van der Waals surface area (Å²) in [4.78, 5) is 12.5. The van der Waals surface area contributed by atoms with Gasteiger partial charge in [0, 0.05) is 17.1 Å². The summed E-state index contributed by atoms with van der Waals surface area (Å²) in [6, 6.07) is 6.63. The van der Waals surface area contributed by atoms with Gasteiger partial charge < -0.3 is 15.8 Å². The molecular formula is C12H11ClN2O2S. The maximum atomic E-state index is 11.9. The third-order valence-electron chi connectivity index (χ3n) is 2.29. The summed E-state index contributed by atoms with van der Waals surface area (Å²) in [6.07, 6.45) is 0. The highest BCUT2D eigenvalue weighted by Crippen LogP contribution is 2.25. The Morgan fingerprint density at radius 1 is 1.44 bits per heavy atom. The third kappa shape index (κ3) is 2.75. The number of anilines is 2. The Bertz CT molecular complexity index is 583. The van der Waals surface area contributed by atoms with Crippen LogP contribution in [0.5, 0.6) is 5.75 Å². The van der Waals surface area contributed by atoms with Crippen LogP contribution in [0.2, 0.25) is 5.02 Å². The number of nitrogens with two attached hydrogens (primary N) is 1. The Kier molecular flexibility index (Phi) is 3.74. The number of carbonyl (C=O) groups excluding carboxylic acids is 1. The average molecular weight is 283 g/mol. The molecule has 0 fully saturated rings. The van der Waals surface area contributed by atoms with Crippen LogP contribution in [0.4, 0.5) is 11.4 Å². The number of methoxy groups -OCH3 is 1. The van der Waals surface area contributed by atoms with Gasteiger partial charge >= 0.3 is 0 Å². The summed E-state index contributed by atoms with van der Waals surface area (Å²) >= 11 is 7.19. The highest BCUT2D eigenvalue weighted by molar-refractivity contribution is 7.12. The first-order valence-electron chi connectivity index (χ1n) is 5.09. The second kappa shape index (κ2) is 5.29. The highest BCUT2D eigenvalue weighted by Gasteiger charge is 2.10. The smallest absolute Gasteiger partial charge is 0.265 e. The molecule has 4 nitrogen and oxygen atoms in total. The fraction of sp³-hybridized carbons (Fsp3) is 0.0833. The lowest BCUT2D eigenvalue weighted by atomic mass is 10.3. The summed E-state index contributed by atoms with van der Waals surface area (Å²) in [5, 5.41) is 4.92. The Balaban J connectivity index is 2.13. The summed E-state index contributed by atoms with van der Waals surface area (Å²) in [5.41, 5.74) is 6.68. The van der Waals surface area contributed by atoms with Crippen LogP contribution in [0.25, 0.3) is 0 Å². The van der Waals surface area contributed by atoms with Gasteiger partial charge in [-0.3, -0.25) is 4.79 Å². The van der Waals surface area contributed by atoms with Gasteiger partial charge in [-0.25, -0.2) is 0 Å². The zero-order valence-electron chi connectivity index (χ0n) is 9.57. The van der Waals surface area contributed by atoms with Crippen molar-refractivity contribution in [3.8, 4) is 5.75 Å². The van der Waals surface area contributed by atoms with Crippen molar-refractivity contribution >= 4 is 40.2 Å². The average Bonchev–Trinajstić information content (AvgIpc) is 2.82. The second-order valence-corrected chi connectivity index (χ2v) is 4.86. The Morgan fingerprint density at radius 2 is 2.22 bits per heavy atom. The molecule has 1 amide bonds. The lowest BCUT2D eigenvalue weighted by Crippen LogP contribution is -2.10. The number of rotatable bonds is 3. The number of amides is 1. The van der Waals surface area contributed by atoms with Crippen LogP contribution in [0.15, 0.2) is 29.6 Å². The second-order valence-electron chi connectivity index (χ2n) is 3.54. The van der Waals surface area contributed by atoms with Gasteiger partial charge in [-0.15, -0.1) is 11.3 Å². The molecule has 0 atom stereocenters. The van der Waals surface area contributed by atoms with Crippen molar-refractivity contribution in [1.29, 1.82) is 0 Å². The van der Waals surface area contributed by atoms with E-state index in [1.54, 1.807) is 36.8 Å². The van der Waals surface area contributed by atoms with E-state index in [0.717, 1.165) is 0 Å². The van der Waals surface area contributed by atoms with Crippen LogP contribution in [-0.2, 0) is 0 Å².